The zero-order valence-corrected chi connectivity index (χ0v) is 6.71. The third-order valence-electron chi connectivity index (χ3n) is 0.858. The van der Waals surface area contributed by atoms with Gasteiger partial charge in [-0.15, -0.1) is 11.5 Å². The third-order valence-corrected chi connectivity index (χ3v) is 0.858. The van der Waals surface area contributed by atoms with E-state index in [2.05, 4.69) is 34.1 Å². The Morgan fingerprint density at radius 2 is 1.58 bits per heavy atom. The van der Waals surface area contributed by atoms with Crippen LogP contribution < -0.4 is 0 Å². The second-order valence-electron chi connectivity index (χ2n) is 1.69. The molecule has 0 aliphatic heterocycles. The molecular weight excluding hydrogens is 156 g/mol. The van der Waals surface area contributed by atoms with Crippen LogP contribution in [-0.4, -0.2) is 19.4 Å². The van der Waals surface area contributed by atoms with Crippen molar-refractivity contribution in [3.63, 3.8) is 0 Å². The van der Waals surface area contributed by atoms with Crippen LogP contribution >= 0.6 is 0 Å². The van der Waals surface area contributed by atoms with E-state index < -0.39 is 6.16 Å². The summed E-state index contributed by atoms with van der Waals surface area (Å²) in [5.41, 5.74) is 4.90. The van der Waals surface area contributed by atoms with E-state index in [4.69, 9.17) is 0 Å². The lowest BCUT2D eigenvalue weighted by Gasteiger charge is -1.99. The summed E-state index contributed by atoms with van der Waals surface area (Å²) >= 11 is 0. The molecule has 0 rings (SSSR count). The first kappa shape index (κ1) is 10.3. The van der Waals surface area contributed by atoms with E-state index in [1.54, 1.807) is 0 Å². The van der Waals surface area contributed by atoms with Crippen molar-refractivity contribution in [2.75, 3.05) is 13.2 Å². The molecule has 0 radical (unpaired) electrons. The minimum absolute atomic E-state index is 0.125. The Hall–Kier alpha value is -1.69. The molecule has 0 N–H and O–H groups in total. The van der Waals surface area contributed by atoms with Crippen molar-refractivity contribution in [3.05, 3.63) is 36.8 Å². The van der Waals surface area contributed by atoms with Gasteiger partial charge >= 0.3 is 6.16 Å². The summed E-state index contributed by atoms with van der Waals surface area (Å²) in [4.78, 5) is 10.6. The minimum atomic E-state index is -0.729. The van der Waals surface area contributed by atoms with Gasteiger partial charge in [0.15, 0.2) is 0 Å². The maximum atomic E-state index is 10.6. The SMILES string of the molecule is C=C=CCOC(=O)OCC=C=C. The van der Waals surface area contributed by atoms with E-state index in [0.29, 0.717) is 0 Å². The van der Waals surface area contributed by atoms with Crippen LogP contribution in [0.1, 0.15) is 0 Å². The van der Waals surface area contributed by atoms with Crippen molar-refractivity contribution in [2.45, 2.75) is 0 Å². The number of rotatable bonds is 4. The molecule has 0 spiro atoms. The fraction of sp³-hybridized carbons (Fsp3) is 0.222. The van der Waals surface area contributed by atoms with Gasteiger partial charge in [0, 0.05) is 0 Å². The number of hydrogen-bond acceptors (Lipinski definition) is 3. The van der Waals surface area contributed by atoms with Gasteiger partial charge in [-0.1, -0.05) is 13.2 Å². The number of carbonyl (C=O) groups is 1. The fourth-order valence-electron chi connectivity index (χ4n) is 0.379. The van der Waals surface area contributed by atoms with Crippen molar-refractivity contribution in [1.29, 1.82) is 0 Å². The normalized spacial score (nSPS) is 7.33. The van der Waals surface area contributed by atoms with E-state index in [9.17, 15) is 4.79 Å². The Morgan fingerprint density at radius 1 is 1.17 bits per heavy atom. The Kier molecular flexibility index (Phi) is 6.37. The van der Waals surface area contributed by atoms with Gasteiger partial charge in [0.2, 0.25) is 0 Å². The Morgan fingerprint density at radius 3 is 1.92 bits per heavy atom. The van der Waals surface area contributed by atoms with Crippen LogP contribution in [0, 0.1) is 0 Å². The lowest BCUT2D eigenvalue weighted by Crippen LogP contribution is -2.06. The molecule has 0 atom stereocenters. The lowest BCUT2D eigenvalue weighted by molar-refractivity contribution is 0.0718. The Labute approximate surface area is 71.3 Å². The molecule has 0 aliphatic rings. The standard InChI is InChI=1S/C9H10O3/c1-3-5-7-11-9(10)12-8-6-4-2/h5-6H,1-2,7-8H2. The highest BCUT2D eigenvalue weighted by Crippen LogP contribution is 1.85. The first-order valence-corrected chi connectivity index (χ1v) is 3.29. The maximum absolute atomic E-state index is 10.6. The second-order valence-corrected chi connectivity index (χ2v) is 1.69. The van der Waals surface area contributed by atoms with E-state index in [-0.39, 0.29) is 13.2 Å². The summed E-state index contributed by atoms with van der Waals surface area (Å²) in [6.07, 6.45) is 2.22. The van der Waals surface area contributed by atoms with E-state index in [1.165, 1.54) is 12.2 Å². The van der Waals surface area contributed by atoms with Crippen LogP contribution in [0.3, 0.4) is 0 Å². The van der Waals surface area contributed by atoms with Crippen molar-refractivity contribution >= 4 is 6.16 Å². The predicted molar refractivity (Wildman–Crippen MR) is 44.7 cm³/mol. The van der Waals surface area contributed by atoms with Gasteiger partial charge < -0.3 is 9.47 Å². The van der Waals surface area contributed by atoms with Crippen LogP contribution in [-0.2, 0) is 9.47 Å². The largest absolute Gasteiger partial charge is 0.508 e. The van der Waals surface area contributed by atoms with Gasteiger partial charge in [-0.05, 0) is 12.2 Å². The monoisotopic (exact) mass is 166 g/mol. The zero-order valence-electron chi connectivity index (χ0n) is 6.71. The molecular formula is C9H10O3. The summed E-state index contributed by atoms with van der Waals surface area (Å²) in [5, 5.41) is 0. The molecule has 0 saturated carbocycles. The van der Waals surface area contributed by atoms with E-state index in [1.807, 2.05) is 0 Å². The molecule has 0 saturated heterocycles. The van der Waals surface area contributed by atoms with Gasteiger partial charge in [-0.2, -0.15) is 0 Å². The smallest absolute Gasteiger partial charge is 0.429 e. The maximum Gasteiger partial charge on any atom is 0.508 e. The first-order chi connectivity index (χ1) is 5.81. The van der Waals surface area contributed by atoms with E-state index in [0.717, 1.165) is 0 Å². The van der Waals surface area contributed by atoms with E-state index >= 15 is 0 Å². The first-order valence-electron chi connectivity index (χ1n) is 3.29. The van der Waals surface area contributed by atoms with Crippen molar-refractivity contribution < 1.29 is 14.3 Å². The molecule has 0 unspecified atom stereocenters. The molecule has 0 heterocycles. The molecule has 0 fully saturated rings. The summed E-state index contributed by atoms with van der Waals surface area (Å²) in [5.74, 6) is 0. The molecule has 3 nitrogen and oxygen atoms in total. The molecule has 0 aromatic rings. The summed E-state index contributed by atoms with van der Waals surface area (Å²) in [6.45, 7) is 6.84. The molecule has 0 bridgehead atoms. The average molecular weight is 166 g/mol. The van der Waals surface area contributed by atoms with Gasteiger partial charge in [0.1, 0.15) is 13.2 Å². The highest BCUT2D eigenvalue weighted by molar-refractivity contribution is 5.60. The van der Waals surface area contributed by atoms with Crippen LogP contribution in [0.2, 0.25) is 0 Å². The summed E-state index contributed by atoms with van der Waals surface area (Å²) < 4.78 is 9.08. The van der Waals surface area contributed by atoms with Crippen LogP contribution in [0.15, 0.2) is 36.8 Å². The molecule has 64 valence electrons. The molecule has 12 heavy (non-hydrogen) atoms. The third kappa shape index (κ3) is 6.43. The highest BCUT2D eigenvalue weighted by Gasteiger charge is 1.98. The molecule has 3 heteroatoms. The van der Waals surface area contributed by atoms with Gasteiger partial charge in [-0.3, -0.25) is 0 Å². The van der Waals surface area contributed by atoms with Gasteiger partial charge in [-0.25, -0.2) is 4.79 Å². The van der Waals surface area contributed by atoms with Crippen molar-refractivity contribution in [2.24, 2.45) is 0 Å². The minimum Gasteiger partial charge on any atom is -0.429 e. The Bertz CT molecular complexity index is 206. The predicted octanol–water partition coefficient (Wildman–Crippen LogP) is 1.82. The van der Waals surface area contributed by atoms with Gasteiger partial charge in [0.05, 0.1) is 0 Å². The molecule has 0 aliphatic carbocycles. The van der Waals surface area contributed by atoms with Crippen molar-refractivity contribution in [3.8, 4) is 0 Å². The molecule has 0 aromatic heterocycles. The molecule has 0 amide bonds. The Balaban J connectivity index is 3.45. The van der Waals surface area contributed by atoms with Gasteiger partial charge in [0.25, 0.3) is 0 Å². The second kappa shape index (κ2) is 7.42. The highest BCUT2D eigenvalue weighted by atomic mass is 16.7. The summed E-state index contributed by atoms with van der Waals surface area (Å²) in [6, 6.07) is 0. The summed E-state index contributed by atoms with van der Waals surface area (Å²) in [7, 11) is 0. The van der Waals surface area contributed by atoms with Crippen LogP contribution in [0.4, 0.5) is 4.79 Å². The zero-order chi connectivity index (χ0) is 9.23. The van der Waals surface area contributed by atoms with Crippen LogP contribution in [0.25, 0.3) is 0 Å². The topological polar surface area (TPSA) is 35.5 Å². The quantitative estimate of drug-likeness (QED) is 0.472. The number of hydrogen-bond donors (Lipinski definition) is 0. The molecule has 0 aromatic carbocycles. The fourth-order valence-corrected chi connectivity index (χ4v) is 0.379. The van der Waals surface area contributed by atoms with Crippen molar-refractivity contribution in [1.82, 2.24) is 0 Å². The number of ether oxygens (including phenoxy) is 2. The van der Waals surface area contributed by atoms with Crippen LogP contribution in [0.5, 0.6) is 0 Å². The lowest BCUT2D eigenvalue weighted by atomic mass is 10.6. The number of carbonyl (C=O) groups excluding carboxylic acids is 1. The average Bonchev–Trinajstić information content (AvgIpc) is 2.06.